The standard InChI is InChI=1S/C46H40N10O6S2/c57-63(58,59)38-24-14-13-15-32(38)25-26-33-27-28-46(31-39(33)64(60,61)62,55-44-51-40(47-34-16-5-1-6-17-34)29-41(52-44)48-35-18-7-2-8-19-35)56-45-53-42(49-36-20-9-3-10-21-36)30-43(54-45)50-37-22-11-4-12-23-37/h1-30H,31H2,(H,57,58,59)(H,60,61,62)(H3,47,48,51,52,55)(H3,49,50,53,54,56). The topological polar surface area (TPSA) is 232 Å². The molecule has 16 nitrogen and oxygen atoms in total. The zero-order chi connectivity index (χ0) is 44.6. The summed E-state index contributed by atoms with van der Waals surface area (Å²) in [4.78, 5) is 18.3. The summed E-state index contributed by atoms with van der Waals surface area (Å²) in [6.45, 7) is 0. The van der Waals surface area contributed by atoms with E-state index in [4.69, 9.17) is 19.9 Å². The SMILES string of the molecule is O=S(=O)(O)C1=C(C=Cc2ccccc2S(=O)(=O)O)C=CC(Nc2nc(Nc3ccccc3)cc(Nc3ccccc3)n2)(Nc2nc(Nc3ccccc3)cc(Nc3ccccc3)n2)C1. The number of hydrogen-bond donors (Lipinski definition) is 8. The first-order chi connectivity index (χ1) is 30.9. The molecule has 1 aliphatic rings. The fourth-order valence-corrected chi connectivity index (χ4v) is 8.23. The molecule has 1 aliphatic carbocycles. The Morgan fingerprint density at radius 2 is 0.859 bits per heavy atom. The van der Waals surface area contributed by atoms with Gasteiger partial charge in [-0.1, -0.05) is 109 Å². The zero-order valence-electron chi connectivity index (χ0n) is 33.7. The molecule has 8 rings (SSSR count). The summed E-state index contributed by atoms with van der Waals surface area (Å²) in [6, 6.07) is 46.5. The monoisotopic (exact) mass is 892 g/mol. The van der Waals surface area contributed by atoms with Crippen molar-refractivity contribution in [2.45, 2.75) is 17.0 Å². The van der Waals surface area contributed by atoms with E-state index in [1.165, 1.54) is 36.4 Å². The van der Waals surface area contributed by atoms with Gasteiger partial charge >= 0.3 is 0 Å². The minimum absolute atomic E-state index is 0.0190. The highest BCUT2D eigenvalue weighted by Gasteiger charge is 2.38. The van der Waals surface area contributed by atoms with Crippen LogP contribution in [0.5, 0.6) is 0 Å². The largest absolute Gasteiger partial charge is 0.340 e. The number of nitrogens with zero attached hydrogens (tertiary/aromatic N) is 4. The number of para-hydroxylation sites is 4. The third kappa shape index (κ3) is 11.1. The molecule has 0 saturated heterocycles. The molecule has 18 heteroatoms. The predicted molar refractivity (Wildman–Crippen MR) is 251 cm³/mol. The summed E-state index contributed by atoms with van der Waals surface area (Å²) in [5.74, 6) is 1.56. The summed E-state index contributed by atoms with van der Waals surface area (Å²) >= 11 is 0. The van der Waals surface area contributed by atoms with Gasteiger partial charge in [-0.2, -0.15) is 36.8 Å². The first kappa shape index (κ1) is 42.8. The van der Waals surface area contributed by atoms with Crippen molar-refractivity contribution in [2.75, 3.05) is 31.9 Å². The van der Waals surface area contributed by atoms with Gasteiger partial charge in [-0.3, -0.25) is 9.11 Å². The van der Waals surface area contributed by atoms with Crippen LogP contribution in [0.2, 0.25) is 0 Å². The van der Waals surface area contributed by atoms with Gasteiger partial charge in [0, 0.05) is 41.3 Å². The zero-order valence-corrected chi connectivity index (χ0v) is 35.3. The van der Waals surface area contributed by atoms with E-state index in [2.05, 4.69) is 31.9 Å². The molecule has 7 aromatic rings. The number of allylic oxidation sites excluding steroid dienone is 3. The van der Waals surface area contributed by atoms with Crippen molar-refractivity contribution in [3.63, 3.8) is 0 Å². The van der Waals surface area contributed by atoms with Crippen LogP contribution in [0.4, 0.5) is 57.9 Å². The molecule has 0 bridgehead atoms. The molecular weight excluding hydrogens is 853 g/mol. The fourth-order valence-electron chi connectivity index (χ4n) is 6.70. The van der Waals surface area contributed by atoms with Gasteiger partial charge in [0.2, 0.25) is 11.9 Å². The number of anilines is 10. The van der Waals surface area contributed by atoms with Crippen molar-refractivity contribution >= 4 is 84.2 Å². The number of aromatic nitrogens is 4. The highest BCUT2D eigenvalue weighted by atomic mass is 32.2. The van der Waals surface area contributed by atoms with Gasteiger partial charge < -0.3 is 31.9 Å². The van der Waals surface area contributed by atoms with Gasteiger partial charge in [-0.15, -0.1) is 0 Å². The van der Waals surface area contributed by atoms with Crippen LogP contribution in [0.1, 0.15) is 12.0 Å². The van der Waals surface area contributed by atoms with E-state index in [9.17, 15) is 25.9 Å². The van der Waals surface area contributed by atoms with Crippen molar-refractivity contribution < 1.29 is 25.9 Å². The van der Waals surface area contributed by atoms with E-state index in [0.29, 0.717) is 23.3 Å². The predicted octanol–water partition coefficient (Wildman–Crippen LogP) is 9.52. The van der Waals surface area contributed by atoms with Gasteiger partial charge in [0.15, 0.2) is 0 Å². The second kappa shape index (κ2) is 18.6. The van der Waals surface area contributed by atoms with Gasteiger partial charge in [0.05, 0.1) is 4.91 Å². The maximum atomic E-state index is 13.4. The number of rotatable bonds is 16. The minimum Gasteiger partial charge on any atom is -0.340 e. The Bertz CT molecular complexity index is 2840. The number of benzene rings is 5. The third-order valence-electron chi connectivity index (χ3n) is 9.57. The molecule has 0 radical (unpaired) electrons. The van der Waals surface area contributed by atoms with E-state index >= 15 is 0 Å². The lowest BCUT2D eigenvalue weighted by molar-refractivity contribution is 0.481. The lowest BCUT2D eigenvalue weighted by Gasteiger charge is -2.36. The van der Waals surface area contributed by atoms with E-state index < -0.39 is 37.2 Å². The first-order valence-corrected chi connectivity index (χ1v) is 22.5. The molecule has 2 heterocycles. The van der Waals surface area contributed by atoms with Gasteiger partial charge in [-0.05, 0) is 71.8 Å². The van der Waals surface area contributed by atoms with E-state index in [1.54, 1.807) is 24.3 Å². The summed E-state index contributed by atoms with van der Waals surface area (Å²) in [6.07, 6.45) is 5.22. The van der Waals surface area contributed by atoms with Crippen LogP contribution < -0.4 is 31.9 Å². The molecule has 8 N–H and O–H groups in total. The molecular formula is C46H40N10O6S2. The average Bonchev–Trinajstić information content (AvgIpc) is 3.27. The summed E-state index contributed by atoms with van der Waals surface area (Å²) < 4.78 is 71.8. The van der Waals surface area contributed by atoms with Crippen molar-refractivity contribution in [3.8, 4) is 0 Å². The highest BCUT2D eigenvalue weighted by molar-refractivity contribution is 7.89. The highest BCUT2D eigenvalue weighted by Crippen LogP contribution is 2.36. The average molecular weight is 893 g/mol. The van der Waals surface area contributed by atoms with Crippen molar-refractivity contribution in [1.82, 2.24) is 19.9 Å². The van der Waals surface area contributed by atoms with Gasteiger partial charge in [0.1, 0.15) is 33.8 Å². The third-order valence-corrected chi connectivity index (χ3v) is 11.5. The molecule has 0 spiro atoms. The quantitative estimate of drug-likeness (QED) is 0.0333. The molecule has 5 aromatic carbocycles. The molecule has 2 aromatic heterocycles. The molecule has 0 fully saturated rings. The number of nitrogens with one attached hydrogen (secondary N) is 6. The number of hydrogen-bond acceptors (Lipinski definition) is 14. The maximum absolute atomic E-state index is 13.4. The van der Waals surface area contributed by atoms with Crippen LogP contribution in [-0.2, 0) is 20.2 Å². The Kier molecular flexibility index (Phi) is 12.4. The Morgan fingerprint density at radius 3 is 1.23 bits per heavy atom. The smallest absolute Gasteiger partial charge is 0.295 e. The fraction of sp³-hybridized carbons (Fsp3) is 0.0435. The van der Waals surface area contributed by atoms with Crippen molar-refractivity contribution in [3.05, 3.63) is 192 Å². The van der Waals surface area contributed by atoms with E-state index in [0.717, 1.165) is 22.7 Å². The Balaban J connectivity index is 1.24. The van der Waals surface area contributed by atoms with Crippen LogP contribution in [0.25, 0.3) is 6.08 Å². The van der Waals surface area contributed by atoms with Gasteiger partial charge in [0.25, 0.3) is 20.2 Å². The first-order valence-electron chi connectivity index (χ1n) is 19.6. The summed E-state index contributed by atoms with van der Waals surface area (Å²) in [7, 11) is -9.60. The second-order valence-electron chi connectivity index (χ2n) is 14.3. The molecule has 0 atom stereocenters. The Labute approximate surface area is 369 Å². The normalized spacial score (nSPS) is 13.6. The molecule has 322 valence electrons. The Hall–Kier alpha value is -7.90. The maximum Gasteiger partial charge on any atom is 0.295 e. The van der Waals surface area contributed by atoms with E-state index in [1.807, 2.05) is 121 Å². The summed E-state index contributed by atoms with van der Waals surface area (Å²) in [5, 5.41) is 19.8. The lowest BCUT2D eigenvalue weighted by atomic mass is 9.95. The van der Waals surface area contributed by atoms with Gasteiger partial charge in [-0.25, -0.2) is 0 Å². The second-order valence-corrected chi connectivity index (χ2v) is 17.2. The van der Waals surface area contributed by atoms with Crippen LogP contribution in [0, 0.1) is 0 Å². The van der Waals surface area contributed by atoms with Crippen LogP contribution in [0.15, 0.2) is 191 Å². The van der Waals surface area contributed by atoms with Crippen molar-refractivity contribution in [2.24, 2.45) is 0 Å². The molecule has 0 saturated carbocycles. The van der Waals surface area contributed by atoms with E-state index in [-0.39, 0.29) is 27.9 Å². The van der Waals surface area contributed by atoms with Crippen molar-refractivity contribution in [1.29, 1.82) is 0 Å². The summed E-state index contributed by atoms with van der Waals surface area (Å²) in [5.41, 5.74) is 1.37. The van der Waals surface area contributed by atoms with Crippen LogP contribution in [0.3, 0.4) is 0 Å². The van der Waals surface area contributed by atoms with Crippen LogP contribution >= 0.6 is 0 Å². The molecule has 0 unspecified atom stereocenters. The molecule has 64 heavy (non-hydrogen) atoms. The molecule has 0 aliphatic heterocycles. The minimum atomic E-state index is -4.97. The Morgan fingerprint density at radius 1 is 0.484 bits per heavy atom. The van der Waals surface area contributed by atoms with Crippen LogP contribution in [-0.4, -0.2) is 51.5 Å². The molecule has 0 amide bonds. The lowest BCUT2D eigenvalue weighted by Crippen LogP contribution is -2.47.